The van der Waals surface area contributed by atoms with Gasteiger partial charge in [0.1, 0.15) is 11.6 Å². The number of rotatable bonds is 6. The standard InChI is InChI=1S/C30H33FN4O2/c1-21-11-12-25(22(2)17-21)27-19-29(23-7-6-8-24(18-23)37-3)35(32-27)30(36)20-33-13-15-34(16-14-33)28-10-5-4-9-26(28)31/h4-12,17-18,29H,13-16,19-20H2,1-3H3/t29-/m0/s1. The van der Waals surface area contributed by atoms with Crippen LogP contribution in [0.1, 0.15) is 34.7 Å². The second-order valence-corrected chi connectivity index (χ2v) is 9.81. The summed E-state index contributed by atoms with van der Waals surface area (Å²) in [6.07, 6.45) is 0.643. The molecule has 3 aromatic rings. The Labute approximate surface area is 217 Å². The predicted octanol–water partition coefficient (Wildman–Crippen LogP) is 4.95. The summed E-state index contributed by atoms with van der Waals surface area (Å²) in [7, 11) is 1.65. The summed E-state index contributed by atoms with van der Waals surface area (Å²) < 4.78 is 19.7. The van der Waals surface area contributed by atoms with Crippen molar-refractivity contribution < 1.29 is 13.9 Å². The van der Waals surface area contributed by atoms with Gasteiger partial charge in [-0.15, -0.1) is 0 Å². The molecule has 37 heavy (non-hydrogen) atoms. The molecule has 2 heterocycles. The van der Waals surface area contributed by atoms with E-state index in [0.717, 1.165) is 28.2 Å². The summed E-state index contributed by atoms with van der Waals surface area (Å²) in [4.78, 5) is 17.8. The van der Waals surface area contributed by atoms with Gasteiger partial charge in [-0.1, -0.05) is 48.0 Å². The third-order valence-electron chi connectivity index (χ3n) is 7.26. The first-order chi connectivity index (χ1) is 17.9. The third kappa shape index (κ3) is 5.37. The molecule has 0 bridgehead atoms. The van der Waals surface area contributed by atoms with Crippen molar-refractivity contribution in [3.63, 3.8) is 0 Å². The van der Waals surface area contributed by atoms with E-state index < -0.39 is 0 Å². The Morgan fingerprint density at radius 1 is 1.00 bits per heavy atom. The molecule has 0 aliphatic carbocycles. The van der Waals surface area contributed by atoms with Crippen molar-refractivity contribution in [3.05, 3.63) is 94.8 Å². The zero-order valence-electron chi connectivity index (χ0n) is 21.7. The maximum absolute atomic E-state index is 14.2. The molecule has 7 heteroatoms. The Hall–Kier alpha value is -3.71. The quantitative estimate of drug-likeness (QED) is 0.481. The lowest BCUT2D eigenvalue weighted by Crippen LogP contribution is -2.49. The molecule has 0 N–H and O–H groups in total. The number of anilines is 1. The van der Waals surface area contributed by atoms with Crippen LogP contribution in [0.4, 0.5) is 10.1 Å². The number of carbonyl (C=O) groups is 1. The van der Waals surface area contributed by atoms with E-state index in [4.69, 9.17) is 9.84 Å². The number of hydrogen-bond acceptors (Lipinski definition) is 5. The monoisotopic (exact) mass is 500 g/mol. The zero-order chi connectivity index (χ0) is 25.9. The molecule has 0 saturated carbocycles. The van der Waals surface area contributed by atoms with Gasteiger partial charge in [0.25, 0.3) is 5.91 Å². The van der Waals surface area contributed by atoms with Gasteiger partial charge in [-0.2, -0.15) is 5.10 Å². The van der Waals surface area contributed by atoms with E-state index in [2.05, 4.69) is 36.9 Å². The van der Waals surface area contributed by atoms with Crippen molar-refractivity contribution in [1.29, 1.82) is 0 Å². The topological polar surface area (TPSA) is 48.4 Å². The van der Waals surface area contributed by atoms with Gasteiger partial charge in [0.2, 0.25) is 0 Å². The van der Waals surface area contributed by atoms with Crippen molar-refractivity contribution in [2.45, 2.75) is 26.3 Å². The lowest BCUT2D eigenvalue weighted by atomic mass is 9.95. The SMILES string of the molecule is COc1cccc([C@@H]2CC(c3ccc(C)cc3C)=NN2C(=O)CN2CCN(c3ccccc3F)CC2)c1. The van der Waals surface area contributed by atoms with Crippen LogP contribution in [0.15, 0.2) is 71.8 Å². The minimum atomic E-state index is -0.210. The van der Waals surface area contributed by atoms with Crippen molar-refractivity contribution in [2.75, 3.05) is 44.7 Å². The fourth-order valence-electron chi connectivity index (χ4n) is 5.27. The van der Waals surface area contributed by atoms with E-state index in [1.165, 1.54) is 11.6 Å². The number of methoxy groups -OCH3 is 1. The lowest BCUT2D eigenvalue weighted by Gasteiger charge is -2.36. The molecule has 1 saturated heterocycles. The molecule has 0 spiro atoms. The van der Waals surface area contributed by atoms with Crippen LogP contribution in [-0.4, -0.2) is 61.4 Å². The van der Waals surface area contributed by atoms with E-state index in [1.54, 1.807) is 18.2 Å². The Morgan fingerprint density at radius 3 is 2.51 bits per heavy atom. The second-order valence-electron chi connectivity index (χ2n) is 9.81. The molecule has 0 radical (unpaired) electrons. The Kier molecular flexibility index (Phi) is 7.24. The van der Waals surface area contributed by atoms with E-state index in [1.807, 2.05) is 41.3 Å². The number of nitrogens with zero attached hydrogens (tertiary/aromatic N) is 4. The van der Waals surface area contributed by atoms with Gasteiger partial charge in [-0.3, -0.25) is 9.69 Å². The first-order valence-electron chi connectivity index (χ1n) is 12.8. The van der Waals surface area contributed by atoms with Crippen molar-refractivity contribution in [1.82, 2.24) is 9.91 Å². The molecule has 1 fully saturated rings. The van der Waals surface area contributed by atoms with Crippen LogP contribution < -0.4 is 9.64 Å². The van der Waals surface area contributed by atoms with E-state index >= 15 is 0 Å². The number of halogens is 1. The number of ether oxygens (including phenoxy) is 1. The van der Waals surface area contributed by atoms with Gasteiger partial charge < -0.3 is 9.64 Å². The average Bonchev–Trinajstić information content (AvgIpc) is 3.35. The molecule has 0 unspecified atom stereocenters. The maximum atomic E-state index is 14.2. The highest BCUT2D eigenvalue weighted by Gasteiger charge is 2.35. The molecule has 2 aliphatic heterocycles. The summed E-state index contributed by atoms with van der Waals surface area (Å²) >= 11 is 0. The van der Waals surface area contributed by atoms with Gasteiger partial charge in [-0.25, -0.2) is 9.40 Å². The highest BCUT2D eigenvalue weighted by Crippen LogP contribution is 2.35. The summed E-state index contributed by atoms with van der Waals surface area (Å²) in [5.41, 5.74) is 5.97. The number of piperazine rings is 1. The van der Waals surface area contributed by atoms with Crippen LogP contribution in [0.2, 0.25) is 0 Å². The summed E-state index contributed by atoms with van der Waals surface area (Å²) in [5.74, 6) is 0.513. The number of amides is 1. The Balaban J connectivity index is 1.34. The number of benzene rings is 3. The summed E-state index contributed by atoms with van der Waals surface area (Å²) in [6, 6.07) is 20.9. The van der Waals surface area contributed by atoms with Crippen LogP contribution in [0, 0.1) is 19.7 Å². The molecule has 2 aliphatic rings. The molecular formula is C30H33FN4O2. The van der Waals surface area contributed by atoms with Gasteiger partial charge in [0.05, 0.1) is 31.1 Å². The highest BCUT2D eigenvalue weighted by molar-refractivity contribution is 6.04. The maximum Gasteiger partial charge on any atom is 0.257 e. The zero-order valence-corrected chi connectivity index (χ0v) is 21.7. The summed E-state index contributed by atoms with van der Waals surface area (Å²) in [6.45, 7) is 7.15. The highest BCUT2D eigenvalue weighted by atomic mass is 19.1. The molecule has 1 amide bonds. The molecular weight excluding hydrogens is 467 g/mol. The first-order valence-corrected chi connectivity index (χ1v) is 12.8. The van der Waals surface area contributed by atoms with Crippen LogP contribution in [-0.2, 0) is 4.79 Å². The van der Waals surface area contributed by atoms with Gasteiger partial charge in [0.15, 0.2) is 0 Å². The van der Waals surface area contributed by atoms with Gasteiger partial charge in [-0.05, 0) is 49.2 Å². The largest absolute Gasteiger partial charge is 0.497 e. The van der Waals surface area contributed by atoms with Crippen LogP contribution >= 0.6 is 0 Å². The minimum Gasteiger partial charge on any atom is -0.497 e. The van der Waals surface area contributed by atoms with Gasteiger partial charge in [0, 0.05) is 38.2 Å². The lowest BCUT2D eigenvalue weighted by molar-refractivity contribution is -0.134. The summed E-state index contributed by atoms with van der Waals surface area (Å²) in [5, 5.41) is 6.53. The number of carbonyl (C=O) groups excluding carboxylic acids is 1. The molecule has 5 rings (SSSR count). The van der Waals surface area contributed by atoms with Crippen molar-refractivity contribution in [2.24, 2.45) is 5.10 Å². The fraction of sp³-hybridized carbons (Fsp3) is 0.333. The fourth-order valence-corrected chi connectivity index (χ4v) is 5.27. The number of aryl methyl sites for hydroxylation is 2. The van der Waals surface area contributed by atoms with Crippen LogP contribution in [0.25, 0.3) is 0 Å². The Morgan fingerprint density at radius 2 is 1.78 bits per heavy atom. The average molecular weight is 501 g/mol. The number of hydrazone groups is 1. The van der Waals surface area contributed by atoms with Crippen molar-refractivity contribution in [3.8, 4) is 5.75 Å². The number of hydrogen-bond donors (Lipinski definition) is 0. The van der Waals surface area contributed by atoms with E-state index in [-0.39, 0.29) is 24.3 Å². The smallest absolute Gasteiger partial charge is 0.257 e. The third-order valence-corrected chi connectivity index (χ3v) is 7.26. The first kappa shape index (κ1) is 25.0. The molecule has 192 valence electrons. The molecule has 1 atom stereocenters. The second kappa shape index (κ2) is 10.7. The number of para-hydroxylation sites is 1. The molecule has 0 aromatic heterocycles. The van der Waals surface area contributed by atoms with E-state index in [9.17, 15) is 9.18 Å². The normalized spacial score (nSPS) is 18.2. The molecule has 6 nitrogen and oxygen atoms in total. The van der Waals surface area contributed by atoms with E-state index in [0.29, 0.717) is 38.3 Å². The van der Waals surface area contributed by atoms with Gasteiger partial charge >= 0.3 is 0 Å². The molecule has 3 aromatic carbocycles. The minimum absolute atomic E-state index is 0.0353. The predicted molar refractivity (Wildman–Crippen MR) is 145 cm³/mol. The van der Waals surface area contributed by atoms with Crippen molar-refractivity contribution >= 4 is 17.3 Å². The Bertz CT molecular complexity index is 1320. The van der Waals surface area contributed by atoms with Crippen LogP contribution in [0.3, 0.4) is 0 Å². The van der Waals surface area contributed by atoms with Crippen LogP contribution in [0.5, 0.6) is 5.75 Å².